The lowest BCUT2D eigenvalue weighted by Crippen LogP contribution is -2.54. The average molecular weight is 392 g/mol. The van der Waals surface area contributed by atoms with Crippen molar-refractivity contribution in [3.63, 3.8) is 0 Å². The maximum absolute atomic E-state index is 10.2. The van der Waals surface area contributed by atoms with E-state index in [0.29, 0.717) is 16.7 Å². The Balaban J connectivity index is 1.55. The maximum atomic E-state index is 10.2. The van der Waals surface area contributed by atoms with Crippen LogP contribution in [0, 0.1) is 40.4 Å². The number of hydrazone groups is 1. The summed E-state index contributed by atoms with van der Waals surface area (Å²) in [4.78, 5) is 0. The van der Waals surface area contributed by atoms with Crippen molar-refractivity contribution in [1.29, 1.82) is 0 Å². The van der Waals surface area contributed by atoms with E-state index < -0.39 is 0 Å². The van der Waals surface area contributed by atoms with Crippen LogP contribution in [0.2, 0.25) is 0 Å². The molecular formula is C22H37N3OS. The van der Waals surface area contributed by atoms with E-state index in [4.69, 9.17) is 18.0 Å². The van der Waals surface area contributed by atoms with Gasteiger partial charge in [-0.1, -0.05) is 13.8 Å². The Morgan fingerprint density at radius 1 is 1.04 bits per heavy atom. The zero-order chi connectivity index (χ0) is 19.4. The standard InChI is InChI=1S/C22H37N3OS/c1-13(24-25-20(23)27)17-6-7-18-16-5-4-14-12-15(26)8-10-21(14,2)19(16)9-11-22(17,18)3/h14-19,26H,4-12H2,1-3H3,(H3,23,25,27)/b24-13+/t14-,15-,16+,17-,18+,19+,21-,22+/m0/s1. The zero-order valence-corrected chi connectivity index (χ0v) is 18.0. The number of nitrogens with one attached hydrogen (secondary N) is 1. The predicted molar refractivity (Wildman–Crippen MR) is 114 cm³/mol. The number of nitrogens with zero attached hydrogens (tertiary/aromatic N) is 1. The van der Waals surface area contributed by atoms with Crippen LogP contribution in [0.25, 0.3) is 0 Å². The molecule has 4 aliphatic carbocycles. The van der Waals surface area contributed by atoms with Gasteiger partial charge in [0.15, 0.2) is 5.11 Å². The topological polar surface area (TPSA) is 70.6 Å². The van der Waals surface area contributed by atoms with Crippen molar-refractivity contribution in [2.24, 2.45) is 51.3 Å². The Kier molecular flexibility index (Phi) is 5.07. The molecule has 4 nitrogen and oxygen atoms in total. The van der Waals surface area contributed by atoms with Crippen molar-refractivity contribution in [1.82, 2.24) is 5.43 Å². The molecule has 0 saturated heterocycles. The third kappa shape index (κ3) is 3.13. The minimum absolute atomic E-state index is 0.0515. The third-order valence-corrected chi connectivity index (χ3v) is 9.58. The fourth-order valence-corrected chi connectivity index (χ4v) is 8.19. The van der Waals surface area contributed by atoms with Gasteiger partial charge in [0.25, 0.3) is 0 Å². The van der Waals surface area contributed by atoms with Crippen molar-refractivity contribution < 1.29 is 5.11 Å². The lowest BCUT2D eigenvalue weighted by Gasteiger charge is -2.61. The predicted octanol–water partition coefficient (Wildman–Crippen LogP) is 4.22. The van der Waals surface area contributed by atoms with Gasteiger partial charge in [-0.2, -0.15) is 5.10 Å². The molecule has 4 rings (SSSR count). The van der Waals surface area contributed by atoms with Gasteiger partial charge in [-0.25, -0.2) is 0 Å². The molecule has 0 aromatic carbocycles. The van der Waals surface area contributed by atoms with E-state index in [1.807, 2.05) is 0 Å². The van der Waals surface area contributed by atoms with Crippen LogP contribution in [0.5, 0.6) is 0 Å². The molecule has 0 heterocycles. The van der Waals surface area contributed by atoms with Crippen LogP contribution in [0.15, 0.2) is 5.10 Å². The maximum Gasteiger partial charge on any atom is 0.184 e. The highest BCUT2D eigenvalue weighted by Crippen LogP contribution is 2.67. The summed E-state index contributed by atoms with van der Waals surface area (Å²) in [6.07, 6.45) is 11.2. The van der Waals surface area contributed by atoms with Gasteiger partial charge in [-0.3, -0.25) is 5.43 Å². The van der Waals surface area contributed by atoms with Gasteiger partial charge in [0.2, 0.25) is 0 Å². The van der Waals surface area contributed by atoms with Gasteiger partial charge in [-0.15, -0.1) is 0 Å². The molecule has 27 heavy (non-hydrogen) atoms. The first-order chi connectivity index (χ1) is 12.8. The van der Waals surface area contributed by atoms with Gasteiger partial charge in [0.05, 0.1) is 6.10 Å². The molecule has 0 aliphatic heterocycles. The Labute approximate surface area is 169 Å². The van der Waals surface area contributed by atoms with Crippen molar-refractivity contribution >= 4 is 23.0 Å². The second-order valence-electron chi connectivity index (χ2n) is 10.5. The molecular weight excluding hydrogens is 354 g/mol. The number of aliphatic hydroxyl groups excluding tert-OH is 1. The van der Waals surface area contributed by atoms with E-state index in [1.54, 1.807) is 0 Å². The first kappa shape index (κ1) is 19.6. The third-order valence-electron chi connectivity index (χ3n) is 9.48. The molecule has 4 fully saturated rings. The van der Waals surface area contributed by atoms with Gasteiger partial charge in [-0.05, 0) is 111 Å². The van der Waals surface area contributed by atoms with Crippen LogP contribution in [-0.4, -0.2) is 22.0 Å². The summed E-state index contributed by atoms with van der Waals surface area (Å²) in [6.45, 7) is 7.25. The zero-order valence-electron chi connectivity index (χ0n) is 17.2. The molecule has 0 aromatic rings. The first-order valence-corrected chi connectivity index (χ1v) is 11.4. The molecule has 5 heteroatoms. The summed E-state index contributed by atoms with van der Waals surface area (Å²) < 4.78 is 0. The monoisotopic (exact) mass is 391 g/mol. The quantitative estimate of drug-likeness (QED) is 0.374. The molecule has 4 saturated carbocycles. The Morgan fingerprint density at radius 3 is 2.48 bits per heavy atom. The van der Waals surface area contributed by atoms with Crippen LogP contribution >= 0.6 is 12.2 Å². The second kappa shape index (κ2) is 6.98. The smallest absolute Gasteiger partial charge is 0.184 e. The highest BCUT2D eigenvalue weighted by atomic mass is 32.1. The second-order valence-corrected chi connectivity index (χ2v) is 10.9. The Morgan fingerprint density at radius 2 is 1.74 bits per heavy atom. The minimum atomic E-state index is -0.0515. The van der Waals surface area contributed by atoms with Crippen molar-refractivity contribution in [2.75, 3.05) is 0 Å². The summed E-state index contributed by atoms with van der Waals surface area (Å²) in [6, 6.07) is 0. The van der Waals surface area contributed by atoms with E-state index >= 15 is 0 Å². The molecule has 0 bridgehead atoms. The van der Waals surface area contributed by atoms with Crippen molar-refractivity contribution in [3.05, 3.63) is 0 Å². The molecule has 0 unspecified atom stereocenters. The van der Waals surface area contributed by atoms with E-state index in [0.717, 1.165) is 36.5 Å². The number of hydrogen-bond acceptors (Lipinski definition) is 3. The Hall–Kier alpha value is -0.680. The lowest BCUT2D eigenvalue weighted by atomic mass is 9.44. The fourth-order valence-electron chi connectivity index (χ4n) is 8.14. The number of thiocarbonyl (C=S) groups is 1. The summed E-state index contributed by atoms with van der Waals surface area (Å²) in [5, 5.41) is 15.0. The minimum Gasteiger partial charge on any atom is -0.393 e. The normalized spacial score (nSPS) is 49.7. The van der Waals surface area contributed by atoms with Gasteiger partial charge >= 0.3 is 0 Å². The number of rotatable bonds is 2. The molecule has 0 radical (unpaired) electrons. The average Bonchev–Trinajstić information content (AvgIpc) is 2.97. The van der Waals surface area contributed by atoms with Crippen LogP contribution in [0.3, 0.4) is 0 Å². The van der Waals surface area contributed by atoms with Crippen LogP contribution in [0.4, 0.5) is 0 Å². The Bertz CT molecular complexity index is 637. The SMILES string of the molecule is C/C(=N\NC(N)=S)[C@@H]1CC[C@@H]2[C@H]3CC[C@H]4C[C@@H](O)CC[C@]4(C)[C@@H]3CC[C@@]21C. The lowest BCUT2D eigenvalue weighted by molar-refractivity contribution is -0.123. The van der Waals surface area contributed by atoms with Crippen LogP contribution in [-0.2, 0) is 0 Å². The van der Waals surface area contributed by atoms with Crippen LogP contribution in [0.1, 0.15) is 78.6 Å². The van der Waals surface area contributed by atoms with Gasteiger partial charge < -0.3 is 10.8 Å². The molecule has 4 aliphatic rings. The van der Waals surface area contributed by atoms with Crippen LogP contribution < -0.4 is 11.2 Å². The molecule has 8 atom stereocenters. The summed E-state index contributed by atoms with van der Waals surface area (Å²) >= 11 is 4.92. The molecule has 0 amide bonds. The number of hydrogen-bond donors (Lipinski definition) is 3. The van der Waals surface area contributed by atoms with E-state index in [2.05, 4.69) is 31.3 Å². The number of fused-ring (bicyclic) bond motifs is 5. The van der Waals surface area contributed by atoms with E-state index in [1.165, 1.54) is 50.7 Å². The highest BCUT2D eigenvalue weighted by molar-refractivity contribution is 7.80. The molecule has 4 N–H and O–H groups in total. The summed E-state index contributed by atoms with van der Waals surface area (Å²) in [7, 11) is 0. The number of aliphatic hydroxyl groups is 1. The highest BCUT2D eigenvalue weighted by Gasteiger charge is 2.60. The summed E-state index contributed by atoms with van der Waals surface area (Å²) in [5.74, 6) is 3.82. The van der Waals surface area contributed by atoms with Gasteiger partial charge in [0.1, 0.15) is 0 Å². The van der Waals surface area contributed by atoms with E-state index in [-0.39, 0.29) is 11.2 Å². The number of nitrogens with two attached hydrogens (primary N) is 1. The van der Waals surface area contributed by atoms with Gasteiger partial charge in [0, 0.05) is 11.6 Å². The molecule has 152 valence electrons. The largest absolute Gasteiger partial charge is 0.393 e. The molecule has 0 aromatic heterocycles. The van der Waals surface area contributed by atoms with Crippen molar-refractivity contribution in [2.45, 2.75) is 84.7 Å². The van der Waals surface area contributed by atoms with Crippen molar-refractivity contribution in [3.8, 4) is 0 Å². The van der Waals surface area contributed by atoms with E-state index in [9.17, 15) is 5.11 Å². The fraction of sp³-hybridized carbons (Fsp3) is 0.909. The summed E-state index contributed by atoms with van der Waals surface area (Å²) in [5.41, 5.74) is 10.4. The molecule has 0 spiro atoms. The first-order valence-electron chi connectivity index (χ1n) is 11.0.